The monoisotopic (exact) mass is 257 g/mol. The van der Waals surface area contributed by atoms with Gasteiger partial charge in [-0.1, -0.05) is 12.1 Å². The fourth-order valence-electron chi connectivity index (χ4n) is 1.43. The molecule has 0 saturated heterocycles. The first kappa shape index (κ1) is 14.2. The molecule has 0 aliphatic heterocycles. The van der Waals surface area contributed by atoms with Crippen LogP contribution in [0.4, 0.5) is 0 Å². The zero-order chi connectivity index (χ0) is 14.3. The first-order chi connectivity index (χ1) is 9.10. The molecule has 0 atom stereocenters. The summed E-state index contributed by atoms with van der Waals surface area (Å²) >= 11 is 0. The van der Waals surface area contributed by atoms with E-state index in [1.807, 2.05) is 12.1 Å². The maximum atomic E-state index is 12.2. The van der Waals surface area contributed by atoms with Crippen LogP contribution < -0.4 is 4.74 Å². The number of rotatable bonds is 4. The molecular formula is C13H11N3O3. The molecule has 0 saturated carbocycles. The minimum atomic E-state index is -0.549. The summed E-state index contributed by atoms with van der Waals surface area (Å²) in [6.07, 6.45) is 0. The van der Waals surface area contributed by atoms with Crippen LogP contribution in [0.25, 0.3) is 0 Å². The van der Waals surface area contributed by atoms with E-state index in [2.05, 4.69) is 0 Å². The third-order valence-electron chi connectivity index (χ3n) is 2.18. The highest BCUT2D eigenvalue weighted by atomic mass is 16.5. The Bertz CT molecular complexity index is 553. The SMILES string of the molecule is CC(=O)Oc1ccccc1C(=O)N(CC#N)CC#N. The number of carbonyl (C=O) groups is 2. The Kier molecular flexibility index (Phi) is 5.06. The lowest BCUT2D eigenvalue weighted by atomic mass is 10.1. The molecule has 0 unspecified atom stereocenters. The van der Waals surface area contributed by atoms with E-state index < -0.39 is 11.9 Å². The number of carbonyl (C=O) groups excluding carboxylic acids is 2. The minimum absolute atomic E-state index is 0.112. The summed E-state index contributed by atoms with van der Waals surface area (Å²) < 4.78 is 4.92. The number of benzene rings is 1. The molecule has 0 aliphatic carbocycles. The molecule has 96 valence electrons. The molecule has 6 heteroatoms. The highest BCUT2D eigenvalue weighted by Gasteiger charge is 2.19. The average molecular weight is 257 g/mol. The molecule has 0 fully saturated rings. The largest absolute Gasteiger partial charge is 0.426 e. The van der Waals surface area contributed by atoms with Gasteiger partial charge in [-0.25, -0.2) is 0 Å². The van der Waals surface area contributed by atoms with Gasteiger partial charge < -0.3 is 9.64 Å². The second-order valence-corrected chi connectivity index (χ2v) is 3.57. The molecule has 1 rings (SSSR count). The molecular weight excluding hydrogens is 246 g/mol. The summed E-state index contributed by atoms with van der Waals surface area (Å²) in [4.78, 5) is 24.2. The zero-order valence-electron chi connectivity index (χ0n) is 10.3. The zero-order valence-corrected chi connectivity index (χ0v) is 10.3. The Morgan fingerprint density at radius 2 is 1.79 bits per heavy atom. The lowest BCUT2D eigenvalue weighted by molar-refractivity contribution is -0.131. The minimum Gasteiger partial charge on any atom is -0.426 e. The maximum Gasteiger partial charge on any atom is 0.308 e. The van der Waals surface area contributed by atoms with Crippen LogP contribution in [-0.2, 0) is 4.79 Å². The Morgan fingerprint density at radius 1 is 1.21 bits per heavy atom. The number of esters is 1. The molecule has 1 aromatic carbocycles. The van der Waals surface area contributed by atoms with E-state index >= 15 is 0 Å². The van der Waals surface area contributed by atoms with Crippen LogP contribution in [0.1, 0.15) is 17.3 Å². The van der Waals surface area contributed by atoms with E-state index in [9.17, 15) is 9.59 Å². The number of para-hydroxylation sites is 1. The van der Waals surface area contributed by atoms with Gasteiger partial charge in [0.05, 0.1) is 17.7 Å². The van der Waals surface area contributed by atoms with E-state index in [4.69, 9.17) is 15.3 Å². The fraction of sp³-hybridized carbons (Fsp3) is 0.231. The van der Waals surface area contributed by atoms with E-state index in [-0.39, 0.29) is 24.4 Å². The number of nitriles is 2. The Morgan fingerprint density at radius 3 is 2.32 bits per heavy atom. The molecule has 0 radical (unpaired) electrons. The summed E-state index contributed by atoms with van der Waals surface area (Å²) in [5, 5.41) is 17.3. The summed E-state index contributed by atoms with van der Waals surface area (Å²) in [6.45, 7) is 0.811. The van der Waals surface area contributed by atoms with Gasteiger partial charge in [-0.2, -0.15) is 10.5 Å². The summed E-state index contributed by atoms with van der Waals surface area (Å²) in [5.41, 5.74) is 0.142. The van der Waals surface area contributed by atoms with Gasteiger partial charge >= 0.3 is 5.97 Å². The average Bonchev–Trinajstić information content (AvgIpc) is 2.38. The van der Waals surface area contributed by atoms with Gasteiger partial charge in [-0.05, 0) is 12.1 Å². The van der Waals surface area contributed by atoms with Gasteiger partial charge in [-0.15, -0.1) is 0 Å². The Labute approximate surface area is 110 Å². The van der Waals surface area contributed by atoms with E-state index in [1.165, 1.54) is 19.1 Å². The smallest absolute Gasteiger partial charge is 0.308 e. The van der Waals surface area contributed by atoms with Crippen molar-refractivity contribution in [3.8, 4) is 17.9 Å². The quantitative estimate of drug-likeness (QED) is 0.457. The normalized spacial score (nSPS) is 9.00. The van der Waals surface area contributed by atoms with E-state index in [1.54, 1.807) is 12.1 Å². The van der Waals surface area contributed by atoms with Crippen LogP contribution in [-0.4, -0.2) is 29.9 Å². The standard InChI is InChI=1S/C13H11N3O3/c1-10(17)19-12-5-3-2-4-11(12)13(18)16(8-6-14)9-7-15/h2-5H,8-9H2,1H3. The summed E-state index contributed by atoms with van der Waals surface area (Å²) in [5.74, 6) is -0.965. The van der Waals surface area contributed by atoms with Crippen LogP contribution in [0.2, 0.25) is 0 Å². The highest BCUT2D eigenvalue weighted by Crippen LogP contribution is 2.20. The van der Waals surface area contributed by atoms with Crippen molar-refractivity contribution < 1.29 is 14.3 Å². The Balaban J connectivity index is 3.07. The molecule has 6 nitrogen and oxygen atoms in total. The van der Waals surface area contributed by atoms with Gasteiger partial charge in [0.1, 0.15) is 18.8 Å². The van der Waals surface area contributed by atoms with Crippen molar-refractivity contribution in [1.29, 1.82) is 10.5 Å². The van der Waals surface area contributed by atoms with Crippen molar-refractivity contribution >= 4 is 11.9 Å². The topological polar surface area (TPSA) is 94.2 Å². The van der Waals surface area contributed by atoms with E-state index in [0.717, 1.165) is 4.90 Å². The first-order valence-electron chi connectivity index (χ1n) is 5.40. The third-order valence-corrected chi connectivity index (χ3v) is 2.18. The van der Waals surface area contributed by atoms with Crippen LogP contribution in [0.5, 0.6) is 5.75 Å². The maximum absolute atomic E-state index is 12.2. The van der Waals surface area contributed by atoms with Crippen molar-refractivity contribution in [3.63, 3.8) is 0 Å². The van der Waals surface area contributed by atoms with Crippen LogP contribution in [0.15, 0.2) is 24.3 Å². The van der Waals surface area contributed by atoms with Crippen LogP contribution in [0, 0.1) is 22.7 Å². The molecule has 0 aliphatic rings. The lowest BCUT2D eigenvalue weighted by Gasteiger charge is -2.17. The van der Waals surface area contributed by atoms with Gasteiger partial charge in [0, 0.05) is 6.92 Å². The number of nitrogens with zero attached hydrogens (tertiary/aromatic N) is 3. The van der Waals surface area contributed by atoms with Crippen molar-refractivity contribution in [3.05, 3.63) is 29.8 Å². The third kappa shape index (κ3) is 3.83. The number of ether oxygens (including phenoxy) is 1. The molecule has 0 bridgehead atoms. The van der Waals surface area contributed by atoms with Crippen molar-refractivity contribution in [2.75, 3.05) is 13.1 Å². The Hall–Kier alpha value is -2.86. The summed E-state index contributed by atoms with van der Waals surface area (Å²) in [7, 11) is 0. The van der Waals surface area contributed by atoms with Crippen LogP contribution >= 0.6 is 0 Å². The number of amides is 1. The molecule has 0 aromatic heterocycles. The van der Waals surface area contributed by atoms with Crippen LogP contribution in [0.3, 0.4) is 0 Å². The van der Waals surface area contributed by atoms with E-state index in [0.29, 0.717) is 0 Å². The fourth-order valence-corrected chi connectivity index (χ4v) is 1.43. The van der Waals surface area contributed by atoms with Crippen molar-refractivity contribution in [2.45, 2.75) is 6.92 Å². The predicted molar refractivity (Wildman–Crippen MR) is 64.9 cm³/mol. The van der Waals surface area contributed by atoms with Gasteiger partial charge in [-0.3, -0.25) is 9.59 Å². The molecule has 1 aromatic rings. The second kappa shape index (κ2) is 6.77. The molecule has 0 spiro atoms. The van der Waals surface area contributed by atoms with Gasteiger partial charge in [0.2, 0.25) is 0 Å². The van der Waals surface area contributed by atoms with Gasteiger partial charge in [0.25, 0.3) is 5.91 Å². The number of hydrogen-bond acceptors (Lipinski definition) is 5. The predicted octanol–water partition coefficient (Wildman–Crippen LogP) is 1.10. The second-order valence-electron chi connectivity index (χ2n) is 3.57. The lowest BCUT2D eigenvalue weighted by Crippen LogP contribution is -2.32. The first-order valence-corrected chi connectivity index (χ1v) is 5.40. The molecule has 19 heavy (non-hydrogen) atoms. The summed E-state index contributed by atoms with van der Waals surface area (Å²) in [6, 6.07) is 9.80. The van der Waals surface area contributed by atoms with Gasteiger partial charge in [0.15, 0.2) is 0 Å². The molecule has 1 amide bonds. The van der Waals surface area contributed by atoms with Crippen molar-refractivity contribution in [1.82, 2.24) is 4.90 Å². The highest BCUT2D eigenvalue weighted by molar-refractivity contribution is 5.97. The van der Waals surface area contributed by atoms with Crippen molar-refractivity contribution in [2.24, 2.45) is 0 Å². The number of hydrogen-bond donors (Lipinski definition) is 0. The molecule has 0 heterocycles. The molecule has 0 N–H and O–H groups in total.